The first-order valence-corrected chi connectivity index (χ1v) is 7.00. The number of halogens is 1. The number of hydrogen-bond acceptors (Lipinski definition) is 3. The van der Waals surface area contributed by atoms with Crippen LogP contribution in [-0.2, 0) is 5.75 Å². The largest absolute Gasteiger partial charge is 0.396 e. The molecule has 0 aliphatic carbocycles. The third-order valence-electron chi connectivity index (χ3n) is 2.24. The molecule has 1 rings (SSSR count). The molecule has 0 aromatic heterocycles. The van der Waals surface area contributed by atoms with Crippen LogP contribution in [0.5, 0.6) is 0 Å². The van der Waals surface area contributed by atoms with E-state index in [4.69, 9.17) is 10.2 Å². The summed E-state index contributed by atoms with van der Waals surface area (Å²) in [6.07, 6.45) is 1.16. The van der Waals surface area contributed by atoms with Crippen molar-refractivity contribution in [3.05, 3.63) is 35.1 Å². The summed E-state index contributed by atoms with van der Waals surface area (Å²) in [5, 5.41) is 17.4. The normalized spacial score (nSPS) is 9.94. The van der Waals surface area contributed by atoms with E-state index in [0.717, 1.165) is 23.5 Å². The van der Waals surface area contributed by atoms with E-state index in [0.29, 0.717) is 12.0 Å². The SMILES string of the molecule is OCCC#Cc1cc(F)ccc1CSCCCO. The maximum atomic E-state index is 13.1. The molecule has 2 nitrogen and oxygen atoms in total. The van der Waals surface area contributed by atoms with E-state index in [1.54, 1.807) is 17.8 Å². The summed E-state index contributed by atoms with van der Waals surface area (Å²) >= 11 is 1.69. The van der Waals surface area contributed by atoms with E-state index in [1.165, 1.54) is 12.1 Å². The minimum atomic E-state index is -0.299. The van der Waals surface area contributed by atoms with E-state index in [2.05, 4.69) is 11.8 Å². The fourth-order valence-electron chi connectivity index (χ4n) is 1.35. The molecule has 0 fully saturated rings. The second-order valence-electron chi connectivity index (χ2n) is 3.71. The Bertz CT molecular complexity index is 424. The lowest BCUT2D eigenvalue weighted by molar-refractivity contribution is 0.296. The van der Waals surface area contributed by atoms with Gasteiger partial charge in [0.2, 0.25) is 0 Å². The summed E-state index contributed by atoms with van der Waals surface area (Å²) in [6.45, 7) is 0.211. The average molecular weight is 268 g/mol. The van der Waals surface area contributed by atoms with Crippen molar-refractivity contribution in [2.24, 2.45) is 0 Å². The van der Waals surface area contributed by atoms with E-state index in [-0.39, 0.29) is 19.0 Å². The van der Waals surface area contributed by atoms with Crippen LogP contribution < -0.4 is 0 Å². The van der Waals surface area contributed by atoms with Crippen molar-refractivity contribution in [2.75, 3.05) is 19.0 Å². The molecule has 4 heteroatoms. The van der Waals surface area contributed by atoms with Gasteiger partial charge in [0.1, 0.15) is 5.82 Å². The number of aliphatic hydroxyl groups excluding tert-OH is 2. The van der Waals surface area contributed by atoms with Gasteiger partial charge in [-0.3, -0.25) is 0 Å². The van der Waals surface area contributed by atoms with Gasteiger partial charge in [-0.15, -0.1) is 0 Å². The zero-order valence-electron chi connectivity index (χ0n) is 10.2. The van der Waals surface area contributed by atoms with Gasteiger partial charge in [-0.05, 0) is 29.9 Å². The van der Waals surface area contributed by atoms with Gasteiger partial charge >= 0.3 is 0 Å². The smallest absolute Gasteiger partial charge is 0.124 e. The van der Waals surface area contributed by atoms with Gasteiger partial charge in [0, 0.05) is 24.3 Å². The minimum absolute atomic E-state index is 0.0168. The van der Waals surface area contributed by atoms with Crippen LogP contribution in [0.4, 0.5) is 4.39 Å². The van der Waals surface area contributed by atoms with Crippen molar-refractivity contribution < 1.29 is 14.6 Å². The van der Waals surface area contributed by atoms with Crippen molar-refractivity contribution in [1.82, 2.24) is 0 Å². The van der Waals surface area contributed by atoms with Crippen LogP contribution in [-0.4, -0.2) is 29.2 Å². The summed E-state index contributed by atoms with van der Waals surface area (Å²) in [5.74, 6) is 7.01. The van der Waals surface area contributed by atoms with Gasteiger partial charge in [-0.1, -0.05) is 17.9 Å². The predicted molar refractivity (Wildman–Crippen MR) is 72.8 cm³/mol. The molecule has 0 aliphatic rings. The number of benzene rings is 1. The molecule has 0 bridgehead atoms. The molecule has 2 N–H and O–H groups in total. The van der Waals surface area contributed by atoms with Crippen molar-refractivity contribution >= 4 is 11.8 Å². The first-order valence-electron chi connectivity index (χ1n) is 5.84. The van der Waals surface area contributed by atoms with Crippen molar-refractivity contribution in [1.29, 1.82) is 0 Å². The maximum Gasteiger partial charge on any atom is 0.124 e. The fourth-order valence-corrected chi connectivity index (χ4v) is 2.30. The Labute approximate surface area is 111 Å². The zero-order chi connectivity index (χ0) is 13.2. The van der Waals surface area contributed by atoms with Crippen LogP contribution in [0.25, 0.3) is 0 Å². The molecule has 0 spiro atoms. The maximum absolute atomic E-state index is 13.1. The Morgan fingerprint density at radius 3 is 2.78 bits per heavy atom. The van der Waals surface area contributed by atoms with Crippen LogP contribution in [0, 0.1) is 17.7 Å². The van der Waals surface area contributed by atoms with Crippen LogP contribution >= 0.6 is 11.8 Å². The quantitative estimate of drug-likeness (QED) is 0.613. The van der Waals surface area contributed by atoms with Gasteiger partial charge in [-0.2, -0.15) is 11.8 Å². The van der Waals surface area contributed by atoms with Crippen LogP contribution in [0.1, 0.15) is 24.0 Å². The Hall–Kier alpha value is -1.02. The summed E-state index contributed by atoms with van der Waals surface area (Å²) < 4.78 is 13.1. The second kappa shape index (κ2) is 8.98. The molecule has 0 atom stereocenters. The third kappa shape index (κ3) is 5.54. The highest BCUT2D eigenvalue weighted by molar-refractivity contribution is 7.98. The van der Waals surface area contributed by atoms with Crippen LogP contribution in [0.3, 0.4) is 0 Å². The van der Waals surface area contributed by atoms with Gasteiger partial charge in [0.15, 0.2) is 0 Å². The first-order chi connectivity index (χ1) is 8.77. The molecular formula is C14H17FO2S. The molecule has 1 aromatic rings. The van der Waals surface area contributed by atoms with E-state index in [1.807, 2.05) is 0 Å². The first kappa shape index (κ1) is 15.0. The number of rotatable bonds is 6. The molecule has 18 heavy (non-hydrogen) atoms. The van der Waals surface area contributed by atoms with Gasteiger partial charge in [-0.25, -0.2) is 4.39 Å². The van der Waals surface area contributed by atoms with Crippen molar-refractivity contribution in [2.45, 2.75) is 18.6 Å². The Balaban J connectivity index is 2.68. The van der Waals surface area contributed by atoms with E-state index in [9.17, 15) is 4.39 Å². The summed E-state index contributed by atoms with van der Waals surface area (Å²) in [7, 11) is 0. The molecule has 0 heterocycles. The molecule has 98 valence electrons. The lowest BCUT2D eigenvalue weighted by Gasteiger charge is -2.04. The summed E-state index contributed by atoms with van der Waals surface area (Å²) in [6, 6.07) is 4.59. The van der Waals surface area contributed by atoms with Gasteiger partial charge < -0.3 is 10.2 Å². The monoisotopic (exact) mass is 268 g/mol. The zero-order valence-corrected chi connectivity index (χ0v) is 11.0. The standard InChI is InChI=1S/C14H17FO2S/c15-14-6-5-13(11-18-9-3-8-17)12(10-14)4-1-2-7-16/h5-6,10,16-17H,2-3,7-9,11H2. The molecule has 0 radical (unpaired) electrons. The molecule has 0 saturated heterocycles. The summed E-state index contributed by atoms with van der Waals surface area (Å²) in [4.78, 5) is 0. The molecular weight excluding hydrogens is 251 g/mol. The van der Waals surface area contributed by atoms with Crippen LogP contribution in [0.15, 0.2) is 18.2 Å². The minimum Gasteiger partial charge on any atom is -0.396 e. The number of aliphatic hydroxyl groups is 2. The van der Waals surface area contributed by atoms with Gasteiger partial charge in [0.05, 0.1) is 6.61 Å². The highest BCUT2D eigenvalue weighted by Gasteiger charge is 2.02. The highest BCUT2D eigenvalue weighted by atomic mass is 32.2. The molecule has 0 saturated carbocycles. The van der Waals surface area contributed by atoms with Crippen molar-refractivity contribution in [3.63, 3.8) is 0 Å². The molecule has 0 unspecified atom stereocenters. The topological polar surface area (TPSA) is 40.5 Å². The third-order valence-corrected chi connectivity index (χ3v) is 3.33. The Morgan fingerprint density at radius 1 is 1.22 bits per heavy atom. The molecule has 1 aromatic carbocycles. The average Bonchev–Trinajstić information content (AvgIpc) is 2.37. The predicted octanol–water partition coefficient (Wildman–Crippen LogP) is 2.18. The van der Waals surface area contributed by atoms with Gasteiger partial charge in [0.25, 0.3) is 0 Å². The van der Waals surface area contributed by atoms with E-state index >= 15 is 0 Å². The molecule has 0 aliphatic heterocycles. The number of hydrogen-bond donors (Lipinski definition) is 2. The lowest BCUT2D eigenvalue weighted by atomic mass is 10.1. The Kier molecular flexibility index (Phi) is 7.51. The number of thioether (sulfide) groups is 1. The van der Waals surface area contributed by atoms with Crippen molar-refractivity contribution in [3.8, 4) is 11.8 Å². The molecule has 0 amide bonds. The second-order valence-corrected chi connectivity index (χ2v) is 4.81. The highest BCUT2D eigenvalue weighted by Crippen LogP contribution is 2.18. The fraction of sp³-hybridized carbons (Fsp3) is 0.429. The summed E-state index contributed by atoms with van der Waals surface area (Å²) in [5.41, 5.74) is 1.67. The Morgan fingerprint density at radius 2 is 2.06 bits per heavy atom. The van der Waals surface area contributed by atoms with Crippen LogP contribution in [0.2, 0.25) is 0 Å². The van der Waals surface area contributed by atoms with E-state index < -0.39 is 0 Å². The lowest BCUT2D eigenvalue weighted by Crippen LogP contribution is -1.92.